The molecule has 3 nitrogen and oxygen atoms in total. The Morgan fingerprint density at radius 1 is 0.609 bits per heavy atom. The van der Waals surface area contributed by atoms with E-state index < -0.39 is 0 Å². The van der Waals surface area contributed by atoms with Crippen molar-refractivity contribution in [3.63, 3.8) is 0 Å². The number of rotatable bonds is 3. The minimum absolute atomic E-state index is 0.666. The lowest BCUT2D eigenvalue weighted by atomic mass is 10.1. The van der Waals surface area contributed by atoms with Crippen molar-refractivity contribution in [2.45, 2.75) is 0 Å². The average Bonchev–Trinajstić information content (AvgIpc) is 3.18. The lowest BCUT2D eigenvalue weighted by Crippen LogP contribution is -2.01. The Kier molecular flexibility index (Phi) is 3.39. The molecular weight excluding hydrogens is 282 g/mol. The Bertz CT molecular complexity index is 877. The van der Waals surface area contributed by atoms with Gasteiger partial charge in [-0.1, -0.05) is 60.7 Å². The van der Waals surface area contributed by atoms with Crippen molar-refractivity contribution in [3.8, 4) is 22.8 Å². The molecule has 0 fully saturated rings. The molecule has 3 heteroatoms. The lowest BCUT2D eigenvalue weighted by Gasteiger charge is -2.07. The van der Waals surface area contributed by atoms with Gasteiger partial charge in [-0.25, -0.2) is 15.0 Å². The molecule has 23 heavy (non-hydrogen) atoms. The first-order valence-corrected chi connectivity index (χ1v) is 7.40. The topological polar surface area (TPSA) is 38.7 Å². The van der Waals surface area contributed by atoms with Crippen molar-refractivity contribution < 1.29 is 0 Å². The van der Waals surface area contributed by atoms with Crippen molar-refractivity contribution in [3.05, 3.63) is 90.4 Å². The first-order chi connectivity index (χ1) is 11.4. The van der Waals surface area contributed by atoms with E-state index in [2.05, 4.69) is 20.7 Å². The van der Waals surface area contributed by atoms with Crippen molar-refractivity contribution in [2.24, 2.45) is 0 Å². The van der Waals surface area contributed by atoms with E-state index in [1.807, 2.05) is 78.9 Å². The number of nitrogens with zero attached hydrogens (tertiary/aromatic N) is 3. The molecule has 0 aliphatic heterocycles. The Morgan fingerprint density at radius 3 is 1.61 bits per heavy atom. The maximum absolute atomic E-state index is 4.65. The maximum Gasteiger partial charge on any atom is 0.164 e. The van der Waals surface area contributed by atoms with Gasteiger partial charge < -0.3 is 0 Å². The zero-order valence-corrected chi connectivity index (χ0v) is 12.3. The molecular formula is C20H13N3. The van der Waals surface area contributed by atoms with Gasteiger partial charge in [0.15, 0.2) is 17.5 Å². The molecule has 0 N–H and O–H groups in total. The van der Waals surface area contributed by atoms with Gasteiger partial charge in [-0.05, 0) is 18.2 Å². The van der Waals surface area contributed by atoms with Gasteiger partial charge in [-0.2, -0.15) is 0 Å². The molecule has 0 bridgehead atoms. The summed E-state index contributed by atoms with van der Waals surface area (Å²) in [5.74, 6) is 2.02. The van der Waals surface area contributed by atoms with Crippen molar-refractivity contribution >= 4 is 5.57 Å². The maximum atomic E-state index is 4.65. The fourth-order valence-electron chi connectivity index (χ4n) is 2.40. The molecule has 3 aromatic rings. The Hall–Kier alpha value is -3.29. The highest BCUT2D eigenvalue weighted by Gasteiger charge is 2.12. The Morgan fingerprint density at radius 2 is 1.13 bits per heavy atom. The molecule has 1 aliphatic rings. The summed E-state index contributed by atoms with van der Waals surface area (Å²) < 4.78 is 0. The summed E-state index contributed by atoms with van der Waals surface area (Å²) in [6, 6.07) is 19.9. The van der Waals surface area contributed by atoms with Gasteiger partial charge in [-0.15, -0.1) is 5.73 Å². The monoisotopic (exact) mass is 295 g/mol. The highest BCUT2D eigenvalue weighted by molar-refractivity contribution is 5.75. The van der Waals surface area contributed by atoms with Crippen LogP contribution in [0.5, 0.6) is 0 Å². The van der Waals surface area contributed by atoms with Crippen LogP contribution in [0.3, 0.4) is 0 Å². The highest BCUT2D eigenvalue weighted by Crippen LogP contribution is 2.23. The van der Waals surface area contributed by atoms with Gasteiger partial charge in [0.1, 0.15) is 0 Å². The van der Waals surface area contributed by atoms with Crippen LogP contribution in [0.4, 0.5) is 0 Å². The standard InChI is InChI=1S/C20H13N3/c1-3-9-15(10-4-1)18-21-19(16-11-5-2-6-12-16)23-20(22-18)17-13-7-8-14-17/h1-7,9-14H. The van der Waals surface area contributed by atoms with Crippen LogP contribution in [0.15, 0.2) is 84.6 Å². The predicted octanol–water partition coefficient (Wildman–Crippen LogP) is 4.31. The highest BCUT2D eigenvalue weighted by atomic mass is 15.0. The summed E-state index contributed by atoms with van der Waals surface area (Å²) in [4.78, 5) is 13.9. The van der Waals surface area contributed by atoms with Crippen molar-refractivity contribution in [2.75, 3.05) is 0 Å². The van der Waals surface area contributed by atoms with Gasteiger partial charge in [0.25, 0.3) is 0 Å². The van der Waals surface area contributed by atoms with E-state index in [1.54, 1.807) is 0 Å². The summed E-state index contributed by atoms with van der Waals surface area (Å²) in [7, 11) is 0. The van der Waals surface area contributed by atoms with Crippen LogP contribution in [0.1, 0.15) is 5.82 Å². The number of benzene rings is 2. The number of aromatic nitrogens is 3. The molecule has 0 amide bonds. The zero-order chi connectivity index (χ0) is 15.5. The zero-order valence-electron chi connectivity index (χ0n) is 12.3. The van der Waals surface area contributed by atoms with Gasteiger partial charge in [-0.3, -0.25) is 0 Å². The fraction of sp³-hybridized carbons (Fsp3) is 0. The van der Waals surface area contributed by atoms with E-state index >= 15 is 0 Å². The van der Waals surface area contributed by atoms with Crippen LogP contribution in [0.2, 0.25) is 0 Å². The second-order valence-electron chi connectivity index (χ2n) is 5.14. The van der Waals surface area contributed by atoms with Gasteiger partial charge >= 0.3 is 0 Å². The normalized spacial score (nSPS) is 12.4. The summed E-state index contributed by atoms with van der Waals surface area (Å²) in [5, 5.41) is 0. The average molecular weight is 295 g/mol. The van der Waals surface area contributed by atoms with E-state index in [4.69, 9.17) is 0 Å². The third-order valence-electron chi connectivity index (χ3n) is 3.56. The van der Waals surface area contributed by atoms with Crippen LogP contribution < -0.4 is 0 Å². The van der Waals surface area contributed by atoms with Crippen molar-refractivity contribution in [1.82, 2.24) is 15.0 Å². The van der Waals surface area contributed by atoms with E-state index in [1.165, 1.54) is 0 Å². The van der Waals surface area contributed by atoms with Crippen LogP contribution >= 0.6 is 0 Å². The third-order valence-corrected chi connectivity index (χ3v) is 3.56. The first-order valence-electron chi connectivity index (χ1n) is 7.40. The summed E-state index contributed by atoms with van der Waals surface area (Å²) in [6.07, 6.45) is 5.71. The molecule has 108 valence electrons. The third kappa shape index (κ3) is 2.73. The smallest absolute Gasteiger partial charge is 0.164 e. The van der Waals surface area contributed by atoms with Gasteiger partial charge in [0, 0.05) is 16.7 Å². The Labute approximate surface area is 134 Å². The molecule has 0 saturated heterocycles. The van der Waals surface area contributed by atoms with Crippen LogP contribution in [-0.4, -0.2) is 15.0 Å². The van der Waals surface area contributed by atoms with Gasteiger partial charge in [0.05, 0.1) is 0 Å². The molecule has 0 unspecified atom stereocenters. The molecule has 0 atom stereocenters. The summed E-state index contributed by atoms with van der Waals surface area (Å²) in [5.41, 5.74) is 5.94. The Balaban J connectivity index is 1.90. The van der Waals surface area contributed by atoms with Gasteiger partial charge in [0.2, 0.25) is 0 Å². The molecule has 0 spiro atoms. The van der Waals surface area contributed by atoms with Crippen LogP contribution in [0.25, 0.3) is 28.3 Å². The predicted molar refractivity (Wildman–Crippen MR) is 91.3 cm³/mol. The number of hydrogen-bond acceptors (Lipinski definition) is 3. The molecule has 0 saturated carbocycles. The van der Waals surface area contributed by atoms with Crippen LogP contribution in [0, 0.1) is 0 Å². The molecule has 1 aromatic heterocycles. The second kappa shape index (κ2) is 5.84. The quantitative estimate of drug-likeness (QED) is 0.676. The fourth-order valence-corrected chi connectivity index (χ4v) is 2.40. The second-order valence-corrected chi connectivity index (χ2v) is 5.14. The summed E-state index contributed by atoms with van der Waals surface area (Å²) >= 11 is 0. The SMILES string of the molecule is C1=CC=C(c2nc(-c3ccccc3)nc(-c3ccccc3)n2)C=1. The minimum Gasteiger partial charge on any atom is -0.208 e. The van der Waals surface area contributed by atoms with E-state index in [-0.39, 0.29) is 0 Å². The molecule has 0 radical (unpaired) electrons. The molecule has 1 aliphatic carbocycles. The van der Waals surface area contributed by atoms with E-state index in [0.717, 1.165) is 16.7 Å². The molecule has 1 heterocycles. The molecule has 4 rings (SSSR count). The first kappa shape index (κ1) is 13.4. The largest absolute Gasteiger partial charge is 0.208 e. The number of allylic oxidation sites excluding steroid dienone is 3. The van der Waals surface area contributed by atoms with E-state index in [0.29, 0.717) is 17.5 Å². The van der Waals surface area contributed by atoms with E-state index in [9.17, 15) is 0 Å². The van der Waals surface area contributed by atoms with Crippen molar-refractivity contribution in [1.29, 1.82) is 0 Å². The van der Waals surface area contributed by atoms with Crippen LogP contribution in [-0.2, 0) is 0 Å². The number of hydrogen-bond donors (Lipinski definition) is 0. The lowest BCUT2D eigenvalue weighted by molar-refractivity contribution is 1.04. The molecule has 2 aromatic carbocycles. The minimum atomic E-state index is 0.666. The summed E-state index contributed by atoms with van der Waals surface area (Å²) in [6.45, 7) is 0.